The van der Waals surface area contributed by atoms with Gasteiger partial charge >= 0.3 is 6.18 Å². The fourth-order valence-corrected chi connectivity index (χ4v) is 2.93. The minimum absolute atomic E-state index is 0.238. The van der Waals surface area contributed by atoms with E-state index in [9.17, 15) is 18.3 Å². The number of rotatable bonds is 4. The van der Waals surface area contributed by atoms with Gasteiger partial charge in [-0.2, -0.15) is 13.2 Å². The van der Waals surface area contributed by atoms with Crippen LogP contribution in [0.5, 0.6) is 0 Å². The van der Waals surface area contributed by atoms with E-state index in [-0.39, 0.29) is 18.5 Å². The molecule has 1 atom stereocenters. The van der Waals surface area contributed by atoms with Crippen LogP contribution in [0.25, 0.3) is 0 Å². The molecule has 5 heteroatoms. The summed E-state index contributed by atoms with van der Waals surface area (Å²) in [5.41, 5.74) is -2.16. The third-order valence-electron chi connectivity index (χ3n) is 4.12. The second-order valence-corrected chi connectivity index (χ2v) is 5.57. The minimum atomic E-state index is -4.70. The molecule has 0 spiro atoms. The van der Waals surface area contributed by atoms with Gasteiger partial charge in [0.05, 0.1) is 5.69 Å². The first-order chi connectivity index (χ1) is 9.38. The van der Waals surface area contributed by atoms with Crippen molar-refractivity contribution in [2.45, 2.75) is 63.1 Å². The summed E-state index contributed by atoms with van der Waals surface area (Å²) < 4.78 is 39.3. The van der Waals surface area contributed by atoms with Crippen molar-refractivity contribution in [3.63, 3.8) is 0 Å². The van der Waals surface area contributed by atoms with E-state index in [1.165, 1.54) is 12.3 Å². The first-order valence-corrected chi connectivity index (χ1v) is 7.14. The van der Waals surface area contributed by atoms with Crippen LogP contribution in [-0.4, -0.2) is 16.3 Å². The third-order valence-corrected chi connectivity index (χ3v) is 4.12. The molecule has 1 aromatic rings. The van der Waals surface area contributed by atoms with Crippen LogP contribution in [-0.2, 0) is 5.60 Å². The molecular formula is C15H20F3NO. The van der Waals surface area contributed by atoms with Gasteiger partial charge in [0.1, 0.15) is 0 Å². The molecule has 112 valence electrons. The van der Waals surface area contributed by atoms with Crippen LogP contribution in [0.2, 0.25) is 0 Å². The van der Waals surface area contributed by atoms with E-state index in [4.69, 9.17) is 0 Å². The van der Waals surface area contributed by atoms with Gasteiger partial charge in [0.15, 0.2) is 0 Å². The SMILES string of the molecule is CCCC(O)(c1ccc(C2CCCC2)cn1)C(F)(F)F. The highest BCUT2D eigenvalue weighted by atomic mass is 19.4. The molecule has 1 aromatic heterocycles. The number of pyridine rings is 1. The average Bonchev–Trinajstić information content (AvgIpc) is 2.91. The van der Waals surface area contributed by atoms with Crippen LogP contribution >= 0.6 is 0 Å². The maximum Gasteiger partial charge on any atom is 0.422 e. The third kappa shape index (κ3) is 2.82. The number of aromatic nitrogens is 1. The van der Waals surface area contributed by atoms with Crippen molar-refractivity contribution < 1.29 is 18.3 Å². The van der Waals surface area contributed by atoms with Crippen molar-refractivity contribution in [3.8, 4) is 0 Å². The zero-order valence-electron chi connectivity index (χ0n) is 11.6. The number of aliphatic hydroxyl groups is 1. The Labute approximate surface area is 117 Å². The molecule has 1 unspecified atom stereocenters. The highest BCUT2D eigenvalue weighted by molar-refractivity contribution is 5.23. The topological polar surface area (TPSA) is 33.1 Å². The summed E-state index contributed by atoms with van der Waals surface area (Å²) in [6.45, 7) is 1.61. The van der Waals surface area contributed by atoms with E-state index >= 15 is 0 Å². The molecular weight excluding hydrogens is 267 g/mol. The molecule has 0 radical (unpaired) electrons. The molecule has 1 aliphatic rings. The van der Waals surface area contributed by atoms with Gasteiger partial charge in [0, 0.05) is 6.20 Å². The Morgan fingerprint density at radius 3 is 2.35 bits per heavy atom. The Kier molecular flexibility index (Phi) is 4.37. The Morgan fingerprint density at radius 2 is 1.90 bits per heavy atom. The molecule has 0 bridgehead atoms. The predicted octanol–water partition coefficient (Wildman–Crippen LogP) is 4.29. The molecule has 1 aliphatic carbocycles. The highest BCUT2D eigenvalue weighted by Gasteiger charge is 2.55. The first-order valence-electron chi connectivity index (χ1n) is 7.14. The van der Waals surface area contributed by atoms with E-state index in [0.29, 0.717) is 5.92 Å². The standard InChI is InChI=1S/C15H20F3NO/c1-2-9-14(20,15(16,17)18)13-8-7-12(10-19-13)11-5-3-4-6-11/h7-8,10-11,20H,2-6,9H2,1H3. The maximum atomic E-state index is 13.1. The van der Waals surface area contributed by atoms with Crippen molar-refractivity contribution in [2.75, 3.05) is 0 Å². The zero-order chi connectivity index (χ0) is 14.8. The van der Waals surface area contributed by atoms with E-state index in [2.05, 4.69) is 4.98 Å². The normalized spacial score (nSPS) is 20.1. The second-order valence-electron chi connectivity index (χ2n) is 5.57. The smallest absolute Gasteiger partial charge is 0.375 e. The number of hydrogen-bond donors (Lipinski definition) is 1. The minimum Gasteiger partial charge on any atom is -0.375 e. The lowest BCUT2D eigenvalue weighted by Gasteiger charge is -2.29. The van der Waals surface area contributed by atoms with Gasteiger partial charge in [-0.15, -0.1) is 0 Å². The van der Waals surface area contributed by atoms with E-state index in [1.54, 1.807) is 13.0 Å². The van der Waals surface area contributed by atoms with Gasteiger partial charge in [-0.1, -0.05) is 32.3 Å². The van der Waals surface area contributed by atoms with Gasteiger partial charge in [-0.05, 0) is 36.8 Å². The lowest BCUT2D eigenvalue weighted by molar-refractivity contribution is -0.270. The van der Waals surface area contributed by atoms with Crippen LogP contribution in [0.4, 0.5) is 13.2 Å². The van der Waals surface area contributed by atoms with Gasteiger partial charge in [-0.25, -0.2) is 0 Å². The van der Waals surface area contributed by atoms with Crippen LogP contribution in [0, 0.1) is 0 Å². The van der Waals surface area contributed by atoms with E-state index in [0.717, 1.165) is 31.2 Å². The Bertz CT molecular complexity index is 437. The van der Waals surface area contributed by atoms with E-state index in [1.807, 2.05) is 0 Å². The van der Waals surface area contributed by atoms with Gasteiger partial charge in [0.2, 0.25) is 5.60 Å². The van der Waals surface area contributed by atoms with Gasteiger partial charge in [0.25, 0.3) is 0 Å². The largest absolute Gasteiger partial charge is 0.422 e. The van der Waals surface area contributed by atoms with Gasteiger partial charge < -0.3 is 5.11 Å². The fraction of sp³-hybridized carbons (Fsp3) is 0.667. The summed E-state index contributed by atoms with van der Waals surface area (Å²) in [7, 11) is 0. The molecule has 2 rings (SSSR count). The molecule has 20 heavy (non-hydrogen) atoms. The Balaban J connectivity index is 2.26. The maximum absolute atomic E-state index is 13.1. The molecule has 0 aromatic carbocycles. The lowest BCUT2D eigenvalue weighted by Crippen LogP contribution is -2.42. The summed E-state index contributed by atoms with van der Waals surface area (Å²) in [5, 5.41) is 9.99. The summed E-state index contributed by atoms with van der Waals surface area (Å²) in [5.74, 6) is 0.404. The van der Waals surface area contributed by atoms with Crippen LogP contribution in [0.3, 0.4) is 0 Å². The van der Waals surface area contributed by atoms with Crippen molar-refractivity contribution >= 4 is 0 Å². The highest BCUT2D eigenvalue weighted by Crippen LogP contribution is 2.42. The summed E-state index contributed by atoms with van der Waals surface area (Å²) >= 11 is 0. The molecule has 1 N–H and O–H groups in total. The van der Waals surface area contributed by atoms with Gasteiger partial charge in [-0.3, -0.25) is 4.98 Å². The summed E-state index contributed by atoms with van der Waals surface area (Å²) in [6.07, 6.45) is 1.12. The predicted molar refractivity (Wildman–Crippen MR) is 70.3 cm³/mol. The molecule has 0 saturated heterocycles. The number of hydrogen-bond acceptors (Lipinski definition) is 2. The van der Waals surface area contributed by atoms with Crippen molar-refractivity contribution in [2.24, 2.45) is 0 Å². The van der Waals surface area contributed by atoms with E-state index < -0.39 is 11.8 Å². The summed E-state index contributed by atoms with van der Waals surface area (Å²) in [4.78, 5) is 3.91. The Hall–Kier alpha value is -1.10. The second kappa shape index (κ2) is 5.72. The quantitative estimate of drug-likeness (QED) is 0.896. The number of alkyl halides is 3. The fourth-order valence-electron chi connectivity index (χ4n) is 2.93. The Morgan fingerprint density at radius 1 is 1.25 bits per heavy atom. The van der Waals surface area contributed by atoms with Crippen LogP contribution in [0.1, 0.15) is 62.6 Å². The molecule has 1 fully saturated rings. The van der Waals surface area contributed by atoms with Crippen molar-refractivity contribution in [1.82, 2.24) is 4.98 Å². The average molecular weight is 287 g/mol. The number of halogens is 3. The number of nitrogens with zero attached hydrogens (tertiary/aromatic N) is 1. The monoisotopic (exact) mass is 287 g/mol. The molecule has 0 amide bonds. The summed E-state index contributed by atoms with van der Waals surface area (Å²) in [6, 6.07) is 3.02. The lowest BCUT2D eigenvalue weighted by atomic mass is 9.91. The molecule has 1 saturated carbocycles. The molecule has 2 nitrogen and oxygen atoms in total. The van der Waals surface area contributed by atoms with Crippen molar-refractivity contribution in [3.05, 3.63) is 29.6 Å². The van der Waals surface area contributed by atoms with Crippen LogP contribution < -0.4 is 0 Å². The zero-order valence-corrected chi connectivity index (χ0v) is 11.6. The molecule has 1 heterocycles. The first kappa shape index (κ1) is 15.3. The van der Waals surface area contributed by atoms with Crippen molar-refractivity contribution in [1.29, 1.82) is 0 Å². The molecule has 0 aliphatic heterocycles. The van der Waals surface area contributed by atoms with Crippen LogP contribution in [0.15, 0.2) is 18.3 Å².